The van der Waals surface area contributed by atoms with Crippen LogP contribution < -0.4 is 15.4 Å². The number of hydrogen-bond donors (Lipinski definition) is 1. The van der Waals surface area contributed by atoms with E-state index in [0.29, 0.717) is 12.5 Å². The van der Waals surface area contributed by atoms with Gasteiger partial charge in [-0.15, -0.1) is 11.3 Å². The van der Waals surface area contributed by atoms with Crippen LogP contribution in [0, 0.1) is 0 Å². The predicted octanol–water partition coefficient (Wildman–Crippen LogP) is 1.83. The van der Waals surface area contributed by atoms with Crippen molar-refractivity contribution in [3.05, 3.63) is 41.4 Å². The Hall–Kier alpha value is -2.28. The Morgan fingerprint density at radius 3 is 2.79 bits per heavy atom. The van der Waals surface area contributed by atoms with E-state index in [1.54, 1.807) is 18.4 Å². The number of methoxy groups -OCH3 is 1. The second-order valence-electron chi connectivity index (χ2n) is 5.59. The lowest BCUT2D eigenvalue weighted by molar-refractivity contribution is 0.380. The molecule has 2 heterocycles. The number of thiazole rings is 1. The van der Waals surface area contributed by atoms with Gasteiger partial charge in [0.2, 0.25) is 0 Å². The van der Waals surface area contributed by atoms with E-state index >= 15 is 0 Å². The van der Waals surface area contributed by atoms with Crippen LogP contribution >= 0.6 is 11.3 Å². The summed E-state index contributed by atoms with van der Waals surface area (Å²) >= 11 is 1.68. The monoisotopic (exact) mass is 345 g/mol. The van der Waals surface area contributed by atoms with E-state index in [-0.39, 0.29) is 0 Å². The molecule has 128 valence electrons. The fourth-order valence-electron chi connectivity index (χ4n) is 2.80. The second kappa shape index (κ2) is 8.01. The normalized spacial score (nSPS) is 15.6. The van der Waals surface area contributed by atoms with Gasteiger partial charge < -0.3 is 20.3 Å². The van der Waals surface area contributed by atoms with Crippen LogP contribution in [0.2, 0.25) is 0 Å². The van der Waals surface area contributed by atoms with Crippen LogP contribution in [0.1, 0.15) is 5.56 Å². The van der Waals surface area contributed by atoms with Gasteiger partial charge in [0.25, 0.3) is 0 Å². The van der Waals surface area contributed by atoms with E-state index in [4.69, 9.17) is 10.5 Å². The number of hydrogen-bond acceptors (Lipinski definition) is 5. The number of piperazine rings is 1. The van der Waals surface area contributed by atoms with Gasteiger partial charge in [0.1, 0.15) is 5.75 Å². The SMILES string of the molecule is COc1ccccc1CCN=C(N)N1CCN(c2nccs2)CC1. The molecule has 0 aliphatic carbocycles. The molecule has 1 saturated heterocycles. The lowest BCUT2D eigenvalue weighted by atomic mass is 10.1. The number of para-hydroxylation sites is 1. The van der Waals surface area contributed by atoms with E-state index in [1.165, 1.54) is 0 Å². The highest BCUT2D eigenvalue weighted by molar-refractivity contribution is 7.13. The molecule has 24 heavy (non-hydrogen) atoms. The summed E-state index contributed by atoms with van der Waals surface area (Å²) in [5.74, 6) is 1.53. The Morgan fingerprint density at radius 1 is 1.29 bits per heavy atom. The molecule has 0 radical (unpaired) electrons. The Kier molecular flexibility index (Phi) is 5.53. The van der Waals surface area contributed by atoms with Crippen LogP contribution in [-0.4, -0.2) is 55.7 Å². The first-order valence-electron chi connectivity index (χ1n) is 8.09. The summed E-state index contributed by atoms with van der Waals surface area (Å²) in [7, 11) is 1.69. The maximum atomic E-state index is 6.16. The Bertz CT molecular complexity index is 665. The van der Waals surface area contributed by atoms with Gasteiger partial charge in [-0.25, -0.2) is 4.98 Å². The lowest BCUT2D eigenvalue weighted by Gasteiger charge is -2.35. The maximum absolute atomic E-state index is 6.16. The van der Waals surface area contributed by atoms with Crippen molar-refractivity contribution in [2.45, 2.75) is 6.42 Å². The molecule has 6 nitrogen and oxygen atoms in total. The van der Waals surface area contributed by atoms with E-state index < -0.39 is 0 Å². The van der Waals surface area contributed by atoms with Crippen LogP contribution in [0.5, 0.6) is 5.75 Å². The molecule has 0 unspecified atom stereocenters. The highest BCUT2D eigenvalue weighted by Gasteiger charge is 2.19. The summed E-state index contributed by atoms with van der Waals surface area (Å²) < 4.78 is 5.37. The summed E-state index contributed by atoms with van der Waals surface area (Å²) in [4.78, 5) is 13.3. The predicted molar refractivity (Wildman–Crippen MR) is 99.1 cm³/mol. The van der Waals surface area contributed by atoms with E-state index in [2.05, 4.69) is 25.8 Å². The van der Waals surface area contributed by atoms with Crippen molar-refractivity contribution >= 4 is 22.4 Å². The summed E-state index contributed by atoms with van der Waals surface area (Å²) in [6.45, 7) is 4.28. The zero-order valence-electron chi connectivity index (χ0n) is 13.9. The molecular formula is C17H23N5OS. The number of anilines is 1. The summed E-state index contributed by atoms with van der Waals surface area (Å²) in [5, 5.41) is 3.09. The molecule has 0 amide bonds. The second-order valence-corrected chi connectivity index (χ2v) is 6.46. The van der Waals surface area contributed by atoms with Crippen molar-refractivity contribution < 1.29 is 4.74 Å². The molecule has 1 aromatic heterocycles. The Labute approximate surface area is 146 Å². The zero-order valence-corrected chi connectivity index (χ0v) is 14.7. The number of benzene rings is 1. The van der Waals surface area contributed by atoms with Crippen molar-refractivity contribution in [1.29, 1.82) is 0 Å². The third-order valence-corrected chi connectivity index (χ3v) is 4.97. The van der Waals surface area contributed by atoms with Gasteiger partial charge >= 0.3 is 0 Å². The summed E-state index contributed by atoms with van der Waals surface area (Å²) in [6, 6.07) is 8.03. The number of nitrogens with zero attached hydrogens (tertiary/aromatic N) is 4. The fourth-order valence-corrected chi connectivity index (χ4v) is 3.50. The van der Waals surface area contributed by atoms with Crippen molar-refractivity contribution in [2.24, 2.45) is 10.7 Å². The van der Waals surface area contributed by atoms with Crippen molar-refractivity contribution in [3.63, 3.8) is 0 Å². The number of aromatic nitrogens is 1. The van der Waals surface area contributed by atoms with Gasteiger partial charge in [-0.2, -0.15) is 0 Å². The Morgan fingerprint density at radius 2 is 2.08 bits per heavy atom. The number of aliphatic imine (C=N–C) groups is 1. The third-order valence-electron chi connectivity index (χ3n) is 4.14. The van der Waals surface area contributed by atoms with Crippen molar-refractivity contribution in [3.8, 4) is 5.75 Å². The van der Waals surface area contributed by atoms with Crippen LogP contribution in [-0.2, 0) is 6.42 Å². The quantitative estimate of drug-likeness (QED) is 0.661. The van der Waals surface area contributed by atoms with Gasteiger partial charge in [-0.1, -0.05) is 18.2 Å². The highest BCUT2D eigenvalue weighted by Crippen LogP contribution is 2.19. The molecule has 7 heteroatoms. The molecule has 0 spiro atoms. The molecule has 3 rings (SSSR count). The van der Waals surface area contributed by atoms with E-state index in [1.807, 2.05) is 29.8 Å². The highest BCUT2D eigenvalue weighted by atomic mass is 32.1. The van der Waals surface area contributed by atoms with Gasteiger partial charge in [0, 0.05) is 44.3 Å². The third kappa shape index (κ3) is 3.97. The molecule has 0 atom stereocenters. The van der Waals surface area contributed by atoms with Crippen molar-refractivity contribution in [2.75, 3.05) is 44.7 Å². The van der Waals surface area contributed by atoms with Crippen LogP contribution in [0.4, 0.5) is 5.13 Å². The minimum Gasteiger partial charge on any atom is -0.496 e. The van der Waals surface area contributed by atoms with E-state index in [9.17, 15) is 0 Å². The van der Waals surface area contributed by atoms with Crippen LogP contribution in [0.3, 0.4) is 0 Å². The summed E-state index contributed by atoms with van der Waals surface area (Å²) in [5.41, 5.74) is 7.32. The smallest absolute Gasteiger partial charge is 0.191 e. The molecule has 1 aliphatic heterocycles. The molecule has 1 fully saturated rings. The number of rotatable bonds is 5. The fraction of sp³-hybridized carbons (Fsp3) is 0.412. The first-order valence-corrected chi connectivity index (χ1v) is 8.97. The van der Waals surface area contributed by atoms with Crippen LogP contribution in [0.15, 0.2) is 40.8 Å². The van der Waals surface area contributed by atoms with Crippen molar-refractivity contribution in [1.82, 2.24) is 9.88 Å². The largest absolute Gasteiger partial charge is 0.496 e. The first kappa shape index (κ1) is 16.6. The Balaban J connectivity index is 1.50. The lowest BCUT2D eigenvalue weighted by Crippen LogP contribution is -2.51. The molecule has 1 aromatic carbocycles. The molecule has 2 N–H and O–H groups in total. The maximum Gasteiger partial charge on any atom is 0.191 e. The topological polar surface area (TPSA) is 67.0 Å². The number of guanidine groups is 1. The zero-order chi connectivity index (χ0) is 16.8. The average Bonchev–Trinajstić information content (AvgIpc) is 3.17. The molecule has 1 aliphatic rings. The summed E-state index contributed by atoms with van der Waals surface area (Å²) in [6.07, 6.45) is 2.67. The first-order chi connectivity index (χ1) is 11.8. The van der Waals surface area contributed by atoms with Gasteiger partial charge in [-0.05, 0) is 18.1 Å². The molecular weight excluding hydrogens is 322 g/mol. The van der Waals surface area contributed by atoms with Gasteiger partial charge in [-0.3, -0.25) is 4.99 Å². The minimum atomic E-state index is 0.628. The van der Waals surface area contributed by atoms with Gasteiger partial charge in [0.05, 0.1) is 7.11 Å². The number of ether oxygens (including phenoxy) is 1. The molecule has 0 bridgehead atoms. The average molecular weight is 345 g/mol. The van der Waals surface area contributed by atoms with Crippen LogP contribution in [0.25, 0.3) is 0 Å². The number of nitrogens with two attached hydrogens (primary N) is 1. The standard InChI is InChI=1S/C17H23N5OS/c1-23-15-5-3-2-4-14(15)6-7-19-16(18)21-9-11-22(12-10-21)17-20-8-13-24-17/h2-5,8,13H,6-7,9-12H2,1H3,(H2,18,19). The molecule has 0 saturated carbocycles. The van der Waals surface area contributed by atoms with E-state index in [0.717, 1.165) is 49.0 Å². The molecule has 2 aromatic rings. The van der Waals surface area contributed by atoms with Gasteiger partial charge in [0.15, 0.2) is 11.1 Å². The minimum absolute atomic E-state index is 0.628.